The maximum atomic E-state index is 9.41. The lowest BCUT2D eigenvalue weighted by atomic mass is 9.84. The molecule has 0 bridgehead atoms. The average Bonchev–Trinajstić information content (AvgIpc) is 3.13. The number of rotatable bonds is 10. The quantitative estimate of drug-likeness (QED) is 0.218. The molecule has 0 saturated carbocycles. The number of halogens is 1. The molecular weight excluding hydrogens is 479 g/mol. The van der Waals surface area contributed by atoms with E-state index < -0.39 is 0 Å². The van der Waals surface area contributed by atoms with Gasteiger partial charge in [0.1, 0.15) is 0 Å². The predicted octanol–water partition coefficient (Wildman–Crippen LogP) is 3.08. The van der Waals surface area contributed by atoms with Crippen molar-refractivity contribution in [2.75, 3.05) is 39.5 Å². The van der Waals surface area contributed by atoms with Crippen molar-refractivity contribution in [3.63, 3.8) is 0 Å². The van der Waals surface area contributed by atoms with Crippen LogP contribution in [0.3, 0.4) is 0 Å². The molecular formula is C22H39IN4O2. The van der Waals surface area contributed by atoms with Gasteiger partial charge in [0.05, 0.1) is 13.2 Å². The highest BCUT2D eigenvalue weighted by atomic mass is 127. The van der Waals surface area contributed by atoms with Crippen LogP contribution in [-0.4, -0.2) is 56.1 Å². The fourth-order valence-corrected chi connectivity index (χ4v) is 3.66. The summed E-state index contributed by atoms with van der Waals surface area (Å²) >= 11 is 0. The molecule has 2 unspecified atom stereocenters. The second-order valence-corrected chi connectivity index (χ2v) is 8.49. The van der Waals surface area contributed by atoms with Crippen LogP contribution < -0.4 is 16.0 Å². The summed E-state index contributed by atoms with van der Waals surface area (Å²) in [5, 5.41) is 19.9. The molecule has 1 fully saturated rings. The van der Waals surface area contributed by atoms with Crippen LogP contribution in [0.4, 0.5) is 0 Å². The van der Waals surface area contributed by atoms with E-state index in [4.69, 9.17) is 9.73 Å². The van der Waals surface area contributed by atoms with Gasteiger partial charge in [-0.3, -0.25) is 4.99 Å². The third kappa shape index (κ3) is 8.78. The van der Waals surface area contributed by atoms with Gasteiger partial charge in [-0.1, -0.05) is 30.3 Å². The van der Waals surface area contributed by atoms with Crippen LogP contribution in [-0.2, 0) is 4.74 Å². The first-order chi connectivity index (χ1) is 13.4. The first kappa shape index (κ1) is 26.1. The minimum atomic E-state index is -0.142. The first-order valence-corrected chi connectivity index (χ1v) is 10.4. The Morgan fingerprint density at radius 2 is 2.00 bits per heavy atom. The second kappa shape index (κ2) is 12.7. The van der Waals surface area contributed by atoms with Gasteiger partial charge in [0, 0.05) is 43.3 Å². The van der Waals surface area contributed by atoms with Gasteiger partial charge >= 0.3 is 0 Å². The molecule has 0 spiro atoms. The van der Waals surface area contributed by atoms with Crippen LogP contribution in [0.5, 0.6) is 0 Å². The predicted molar refractivity (Wildman–Crippen MR) is 131 cm³/mol. The highest BCUT2D eigenvalue weighted by Crippen LogP contribution is 2.31. The number of aliphatic hydroxyl groups excluding tert-OH is 1. The van der Waals surface area contributed by atoms with Crippen molar-refractivity contribution in [1.82, 2.24) is 16.0 Å². The van der Waals surface area contributed by atoms with Gasteiger partial charge in [0.15, 0.2) is 5.96 Å². The Kier molecular flexibility index (Phi) is 11.5. The van der Waals surface area contributed by atoms with E-state index in [1.54, 1.807) is 0 Å². The van der Waals surface area contributed by atoms with Gasteiger partial charge in [-0.2, -0.15) is 0 Å². The summed E-state index contributed by atoms with van der Waals surface area (Å²) < 4.78 is 5.58. The van der Waals surface area contributed by atoms with E-state index in [0.29, 0.717) is 13.2 Å². The molecule has 2 rings (SSSR count). The van der Waals surface area contributed by atoms with Gasteiger partial charge in [0.25, 0.3) is 0 Å². The summed E-state index contributed by atoms with van der Waals surface area (Å²) in [5.41, 5.74) is 1.13. The van der Waals surface area contributed by atoms with Crippen LogP contribution in [0.15, 0.2) is 35.3 Å². The van der Waals surface area contributed by atoms with E-state index in [0.717, 1.165) is 38.5 Å². The summed E-state index contributed by atoms with van der Waals surface area (Å²) in [6.07, 6.45) is 1.72. The van der Waals surface area contributed by atoms with Gasteiger partial charge in [0.2, 0.25) is 0 Å². The largest absolute Gasteiger partial charge is 0.396 e. The molecule has 2 atom stereocenters. The van der Waals surface area contributed by atoms with E-state index in [1.165, 1.54) is 5.56 Å². The number of aliphatic imine (C=N–C) groups is 1. The first-order valence-electron chi connectivity index (χ1n) is 10.4. The summed E-state index contributed by atoms with van der Waals surface area (Å²) in [5.74, 6) is 0.814. The molecule has 166 valence electrons. The van der Waals surface area contributed by atoms with E-state index in [-0.39, 0.29) is 47.6 Å². The number of ether oxygens (including phenoxy) is 1. The fraction of sp³-hybridized carbons (Fsp3) is 0.682. The summed E-state index contributed by atoms with van der Waals surface area (Å²) in [6, 6.07) is 10.7. The van der Waals surface area contributed by atoms with E-state index in [9.17, 15) is 5.11 Å². The zero-order valence-corrected chi connectivity index (χ0v) is 20.7. The Labute approximate surface area is 193 Å². The SMILES string of the molecule is CCNC(=NCC(C)(C)NC(C)c1ccccc1)NCC1(CCO)CCOC1.I. The zero-order valence-electron chi connectivity index (χ0n) is 18.3. The molecule has 1 saturated heterocycles. The van der Waals surface area contributed by atoms with Crippen LogP contribution in [0.2, 0.25) is 0 Å². The van der Waals surface area contributed by atoms with Crippen molar-refractivity contribution >= 4 is 29.9 Å². The minimum Gasteiger partial charge on any atom is -0.396 e. The molecule has 1 aliphatic heterocycles. The van der Waals surface area contributed by atoms with Crippen molar-refractivity contribution in [3.05, 3.63) is 35.9 Å². The number of benzene rings is 1. The monoisotopic (exact) mass is 518 g/mol. The number of hydrogen-bond acceptors (Lipinski definition) is 4. The summed E-state index contributed by atoms with van der Waals surface area (Å²) in [6.45, 7) is 12.5. The number of nitrogens with zero attached hydrogens (tertiary/aromatic N) is 1. The smallest absolute Gasteiger partial charge is 0.191 e. The van der Waals surface area contributed by atoms with Crippen molar-refractivity contribution in [2.24, 2.45) is 10.4 Å². The van der Waals surface area contributed by atoms with Gasteiger partial charge in [-0.05, 0) is 46.1 Å². The average molecular weight is 518 g/mol. The minimum absolute atomic E-state index is 0. The second-order valence-electron chi connectivity index (χ2n) is 8.49. The third-order valence-corrected chi connectivity index (χ3v) is 5.34. The highest BCUT2D eigenvalue weighted by molar-refractivity contribution is 14.0. The molecule has 1 aromatic carbocycles. The van der Waals surface area contributed by atoms with Crippen LogP contribution in [0, 0.1) is 5.41 Å². The Morgan fingerprint density at radius 1 is 1.28 bits per heavy atom. The van der Waals surface area contributed by atoms with Gasteiger partial charge < -0.3 is 25.8 Å². The third-order valence-electron chi connectivity index (χ3n) is 5.34. The van der Waals surface area contributed by atoms with E-state index >= 15 is 0 Å². The Bertz CT molecular complexity index is 604. The standard InChI is InChI=1S/C22H38N4O2.HI/c1-5-23-20(25-16-22(11-13-27)12-14-28-17-22)24-15-21(3,4)26-18(2)19-9-7-6-8-10-19;/h6-10,18,26-27H,5,11-17H2,1-4H3,(H2,23,24,25);1H. The van der Waals surface area contributed by atoms with Gasteiger partial charge in [-0.25, -0.2) is 0 Å². The Morgan fingerprint density at radius 3 is 2.59 bits per heavy atom. The molecule has 1 aromatic rings. The maximum absolute atomic E-state index is 9.41. The Hall–Kier alpha value is -0.900. The molecule has 7 heteroatoms. The fourth-order valence-electron chi connectivity index (χ4n) is 3.66. The zero-order chi connectivity index (χ0) is 20.5. The molecule has 0 aliphatic carbocycles. The van der Waals surface area contributed by atoms with Crippen molar-refractivity contribution < 1.29 is 9.84 Å². The lowest BCUT2D eigenvalue weighted by molar-refractivity contribution is 0.127. The topological polar surface area (TPSA) is 77.9 Å². The molecule has 4 N–H and O–H groups in total. The molecule has 1 heterocycles. The van der Waals surface area contributed by atoms with Crippen molar-refractivity contribution in [2.45, 2.75) is 52.1 Å². The number of hydrogen-bond donors (Lipinski definition) is 4. The molecule has 6 nitrogen and oxygen atoms in total. The lowest BCUT2D eigenvalue weighted by Crippen LogP contribution is -2.47. The number of nitrogens with one attached hydrogen (secondary N) is 3. The van der Waals surface area contributed by atoms with E-state index in [2.05, 4.69) is 67.9 Å². The number of aliphatic hydroxyl groups is 1. The van der Waals surface area contributed by atoms with Crippen LogP contribution >= 0.6 is 24.0 Å². The van der Waals surface area contributed by atoms with E-state index in [1.807, 2.05) is 6.07 Å². The number of guanidine groups is 1. The highest BCUT2D eigenvalue weighted by Gasteiger charge is 2.34. The Balaban J connectivity index is 0.00000420. The normalized spacial score (nSPS) is 20.8. The summed E-state index contributed by atoms with van der Waals surface area (Å²) in [7, 11) is 0. The van der Waals surface area contributed by atoms with Gasteiger partial charge in [-0.15, -0.1) is 24.0 Å². The van der Waals surface area contributed by atoms with Crippen molar-refractivity contribution in [3.8, 4) is 0 Å². The maximum Gasteiger partial charge on any atom is 0.191 e. The molecule has 0 radical (unpaired) electrons. The van der Waals surface area contributed by atoms with Crippen molar-refractivity contribution in [1.29, 1.82) is 0 Å². The molecule has 29 heavy (non-hydrogen) atoms. The molecule has 0 amide bonds. The lowest BCUT2D eigenvalue weighted by Gasteiger charge is -2.30. The molecule has 1 aliphatic rings. The molecule has 0 aromatic heterocycles. The summed E-state index contributed by atoms with van der Waals surface area (Å²) in [4.78, 5) is 4.81. The van der Waals surface area contributed by atoms with Crippen LogP contribution in [0.1, 0.15) is 52.1 Å². The van der Waals surface area contributed by atoms with Crippen LogP contribution in [0.25, 0.3) is 0 Å².